The van der Waals surface area contributed by atoms with Crippen LogP contribution in [0, 0.1) is 5.92 Å². The van der Waals surface area contributed by atoms with Crippen LogP contribution in [0.3, 0.4) is 0 Å². The van der Waals surface area contributed by atoms with Gasteiger partial charge in [-0.2, -0.15) is 0 Å². The minimum atomic E-state index is 0.242. The van der Waals surface area contributed by atoms with Crippen LogP contribution in [0.25, 0.3) is 10.2 Å². The number of thiazole rings is 1. The Hall–Kier alpha value is -1.68. The van der Waals surface area contributed by atoms with Gasteiger partial charge in [0.1, 0.15) is 0 Å². The first-order valence-corrected chi connectivity index (χ1v) is 7.32. The zero-order valence-electron chi connectivity index (χ0n) is 10.7. The number of carbonyl (C=O) groups excluding carboxylic acids is 1. The molecule has 3 rings (SSSR count). The van der Waals surface area contributed by atoms with Crippen LogP contribution in [0.5, 0.6) is 0 Å². The van der Waals surface area contributed by atoms with Crippen molar-refractivity contribution in [1.29, 1.82) is 0 Å². The fourth-order valence-corrected chi connectivity index (χ4v) is 3.39. The zero-order chi connectivity index (χ0) is 13.2. The molecule has 98 valence electrons. The minimum Gasteiger partial charge on any atom is -0.342 e. The van der Waals surface area contributed by atoms with E-state index in [-0.39, 0.29) is 5.91 Å². The summed E-state index contributed by atoms with van der Waals surface area (Å²) in [5.74, 6) is 0.564. The van der Waals surface area contributed by atoms with Gasteiger partial charge < -0.3 is 4.90 Å². The molecule has 19 heavy (non-hydrogen) atoms. The van der Waals surface area contributed by atoms with Crippen molar-refractivity contribution in [3.63, 3.8) is 0 Å². The maximum absolute atomic E-state index is 11.8. The summed E-state index contributed by atoms with van der Waals surface area (Å²) >= 11 is 1.72. The second-order valence-corrected chi connectivity index (χ2v) is 5.98. The van der Waals surface area contributed by atoms with Crippen LogP contribution in [-0.2, 0) is 11.2 Å². The van der Waals surface area contributed by atoms with Crippen LogP contribution in [0.15, 0.2) is 36.9 Å². The summed E-state index contributed by atoms with van der Waals surface area (Å²) in [6, 6.07) is 8.16. The van der Waals surface area contributed by atoms with Crippen LogP contribution >= 0.6 is 11.3 Å². The van der Waals surface area contributed by atoms with Crippen LogP contribution in [-0.4, -0.2) is 28.9 Å². The third kappa shape index (κ3) is 2.54. The lowest BCUT2D eigenvalue weighted by Crippen LogP contribution is -2.27. The number of aromatic nitrogens is 1. The predicted octanol–water partition coefficient (Wildman–Crippen LogP) is 2.87. The minimum absolute atomic E-state index is 0.242. The van der Waals surface area contributed by atoms with Crippen molar-refractivity contribution in [3.05, 3.63) is 41.9 Å². The molecule has 3 nitrogen and oxygen atoms in total. The lowest BCUT2D eigenvalue weighted by molar-refractivity contribution is -0.127. The largest absolute Gasteiger partial charge is 0.342 e. The lowest BCUT2D eigenvalue weighted by Gasteiger charge is -2.14. The van der Waals surface area contributed by atoms with E-state index in [9.17, 15) is 4.79 Å². The number of amides is 1. The van der Waals surface area contributed by atoms with Gasteiger partial charge >= 0.3 is 0 Å². The average Bonchev–Trinajstić information content (AvgIpc) is 2.99. The van der Waals surface area contributed by atoms with Crippen LogP contribution in [0.2, 0.25) is 0 Å². The van der Waals surface area contributed by atoms with E-state index in [1.54, 1.807) is 11.3 Å². The molecular formula is C15H16N2OS. The van der Waals surface area contributed by atoms with Gasteiger partial charge in [-0.05, 0) is 12.1 Å². The molecule has 0 spiro atoms. The third-order valence-corrected chi connectivity index (χ3v) is 4.61. The van der Waals surface area contributed by atoms with Crippen LogP contribution < -0.4 is 0 Å². The Morgan fingerprint density at radius 2 is 2.32 bits per heavy atom. The molecule has 0 saturated carbocycles. The van der Waals surface area contributed by atoms with E-state index in [1.807, 2.05) is 29.2 Å². The number of hydrogen-bond donors (Lipinski definition) is 0. The highest BCUT2D eigenvalue weighted by molar-refractivity contribution is 7.18. The molecule has 1 fully saturated rings. The molecule has 0 radical (unpaired) electrons. The molecule has 1 atom stereocenters. The second-order valence-electron chi connectivity index (χ2n) is 4.86. The summed E-state index contributed by atoms with van der Waals surface area (Å²) in [5, 5.41) is 1.11. The molecule has 0 N–H and O–H groups in total. The van der Waals surface area contributed by atoms with Gasteiger partial charge in [-0.15, -0.1) is 17.9 Å². The van der Waals surface area contributed by atoms with E-state index < -0.39 is 0 Å². The molecule has 1 aromatic carbocycles. The van der Waals surface area contributed by atoms with Crippen molar-refractivity contribution in [3.8, 4) is 0 Å². The number of para-hydroxylation sites is 1. The van der Waals surface area contributed by atoms with Crippen molar-refractivity contribution >= 4 is 27.5 Å². The topological polar surface area (TPSA) is 33.2 Å². The Labute approximate surface area is 116 Å². The fraction of sp³-hybridized carbons (Fsp3) is 0.333. The monoisotopic (exact) mass is 272 g/mol. The van der Waals surface area contributed by atoms with Gasteiger partial charge in [-0.3, -0.25) is 4.79 Å². The average molecular weight is 272 g/mol. The first-order valence-electron chi connectivity index (χ1n) is 6.51. The molecule has 0 bridgehead atoms. The van der Waals surface area contributed by atoms with Gasteiger partial charge in [-0.1, -0.05) is 18.2 Å². The molecule has 0 aliphatic carbocycles. The van der Waals surface area contributed by atoms with Crippen LogP contribution in [0.4, 0.5) is 0 Å². The van der Waals surface area contributed by atoms with Crippen molar-refractivity contribution in [1.82, 2.24) is 9.88 Å². The Morgan fingerprint density at radius 1 is 1.47 bits per heavy atom. The van der Waals surface area contributed by atoms with Crippen molar-refractivity contribution in [2.75, 3.05) is 13.1 Å². The molecule has 1 aliphatic rings. The third-order valence-electron chi connectivity index (χ3n) is 3.51. The number of nitrogens with zero attached hydrogens (tertiary/aromatic N) is 2. The van der Waals surface area contributed by atoms with E-state index in [1.165, 1.54) is 4.70 Å². The standard InChI is InChI=1S/C15H16N2OS/c1-2-11-9-15(18)17(10-11)8-7-14-16-12-5-3-4-6-13(12)19-14/h2-6,11H,1,7-10H2. The molecule has 1 aromatic heterocycles. The molecule has 1 saturated heterocycles. The summed E-state index contributed by atoms with van der Waals surface area (Å²) in [6.07, 6.45) is 3.34. The summed E-state index contributed by atoms with van der Waals surface area (Å²) < 4.78 is 1.22. The zero-order valence-corrected chi connectivity index (χ0v) is 11.5. The Morgan fingerprint density at radius 3 is 3.05 bits per heavy atom. The molecule has 1 aliphatic heterocycles. The van der Waals surface area contributed by atoms with E-state index in [4.69, 9.17) is 0 Å². The fourth-order valence-electron chi connectivity index (χ4n) is 2.43. The summed E-state index contributed by atoms with van der Waals surface area (Å²) in [4.78, 5) is 18.3. The smallest absolute Gasteiger partial charge is 0.223 e. The highest BCUT2D eigenvalue weighted by Crippen LogP contribution is 2.23. The maximum atomic E-state index is 11.8. The van der Waals surface area contributed by atoms with Crippen LogP contribution in [0.1, 0.15) is 11.4 Å². The molecule has 2 heterocycles. The number of carbonyl (C=O) groups is 1. The first-order chi connectivity index (χ1) is 9.26. The molecule has 1 unspecified atom stereocenters. The van der Waals surface area contributed by atoms with Crippen molar-refractivity contribution in [2.24, 2.45) is 5.92 Å². The SMILES string of the molecule is C=CC1CC(=O)N(CCc2nc3ccccc3s2)C1. The number of hydrogen-bond acceptors (Lipinski definition) is 3. The molecule has 4 heteroatoms. The number of likely N-dealkylation sites (tertiary alicyclic amines) is 1. The number of rotatable bonds is 4. The van der Waals surface area contributed by atoms with Gasteiger partial charge in [0.2, 0.25) is 5.91 Å². The van der Waals surface area contributed by atoms with Gasteiger partial charge in [0, 0.05) is 31.8 Å². The van der Waals surface area contributed by atoms with Gasteiger partial charge in [0.05, 0.1) is 15.2 Å². The van der Waals surface area contributed by atoms with E-state index >= 15 is 0 Å². The predicted molar refractivity (Wildman–Crippen MR) is 78.2 cm³/mol. The quantitative estimate of drug-likeness (QED) is 0.802. The second kappa shape index (κ2) is 5.13. The van der Waals surface area contributed by atoms with E-state index in [2.05, 4.69) is 17.6 Å². The normalized spacial score (nSPS) is 19.3. The highest BCUT2D eigenvalue weighted by atomic mass is 32.1. The molecular weight excluding hydrogens is 256 g/mol. The Kier molecular flexibility index (Phi) is 3.34. The maximum Gasteiger partial charge on any atom is 0.223 e. The summed E-state index contributed by atoms with van der Waals surface area (Å²) in [6.45, 7) is 5.35. The number of benzene rings is 1. The van der Waals surface area contributed by atoms with E-state index in [0.717, 1.165) is 30.0 Å². The Bertz CT molecular complexity index is 586. The highest BCUT2D eigenvalue weighted by Gasteiger charge is 2.27. The lowest BCUT2D eigenvalue weighted by atomic mass is 10.1. The summed E-state index contributed by atoms with van der Waals surface area (Å²) in [5.41, 5.74) is 1.05. The number of fused-ring (bicyclic) bond motifs is 1. The van der Waals surface area contributed by atoms with E-state index in [0.29, 0.717) is 12.3 Å². The summed E-state index contributed by atoms with van der Waals surface area (Å²) in [7, 11) is 0. The van der Waals surface area contributed by atoms with Gasteiger partial charge in [0.15, 0.2) is 0 Å². The first kappa shape index (κ1) is 12.4. The van der Waals surface area contributed by atoms with Gasteiger partial charge in [0.25, 0.3) is 0 Å². The molecule has 1 amide bonds. The molecule has 2 aromatic rings. The van der Waals surface area contributed by atoms with Crippen molar-refractivity contribution in [2.45, 2.75) is 12.8 Å². The Balaban J connectivity index is 1.66. The van der Waals surface area contributed by atoms with Crippen molar-refractivity contribution < 1.29 is 4.79 Å². The van der Waals surface area contributed by atoms with Gasteiger partial charge in [-0.25, -0.2) is 4.98 Å².